The monoisotopic (exact) mass is 125 g/mol. The van der Waals surface area contributed by atoms with Crippen LogP contribution in [0.3, 0.4) is 0 Å². The summed E-state index contributed by atoms with van der Waals surface area (Å²) >= 11 is 0. The van der Waals surface area contributed by atoms with Gasteiger partial charge in [0.2, 0.25) is 0 Å². The molecule has 0 rings (SSSR count). The first kappa shape index (κ1) is 7.70. The second kappa shape index (κ2) is 4.85. The minimum Gasteiger partial charge on any atom is -0.338 e. The SMILES string of the molecule is CC#CC(=O)NCC=O. The minimum absolute atomic E-state index is 0.0352. The smallest absolute Gasteiger partial charge is 0.296 e. The second-order valence-corrected chi connectivity index (χ2v) is 1.25. The summed E-state index contributed by atoms with van der Waals surface area (Å²) in [5.74, 6) is 4.21. The Balaban J connectivity index is 3.47. The van der Waals surface area contributed by atoms with Gasteiger partial charge in [0.05, 0.1) is 6.54 Å². The number of rotatable bonds is 2. The summed E-state index contributed by atoms with van der Waals surface area (Å²) in [7, 11) is 0. The Hall–Kier alpha value is -1.30. The molecule has 3 nitrogen and oxygen atoms in total. The van der Waals surface area contributed by atoms with Crippen molar-refractivity contribution in [3.63, 3.8) is 0 Å². The van der Waals surface area contributed by atoms with Gasteiger partial charge in [-0.1, -0.05) is 5.92 Å². The van der Waals surface area contributed by atoms with E-state index in [-0.39, 0.29) is 6.54 Å². The van der Waals surface area contributed by atoms with Crippen LogP contribution in [0.5, 0.6) is 0 Å². The summed E-state index contributed by atoms with van der Waals surface area (Å²) in [5, 5.41) is 2.25. The highest BCUT2D eigenvalue weighted by molar-refractivity contribution is 5.94. The van der Waals surface area contributed by atoms with Crippen molar-refractivity contribution in [1.82, 2.24) is 5.32 Å². The zero-order chi connectivity index (χ0) is 7.11. The van der Waals surface area contributed by atoms with Crippen LogP contribution in [0.1, 0.15) is 6.92 Å². The predicted octanol–water partition coefficient (Wildman–Crippen LogP) is -0.675. The van der Waals surface area contributed by atoms with E-state index in [1.165, 1.54) is 0 Å². The van der Waals surface area contributed by atoms with Gasteiger partial charge in [0.1, 0.15) is 6.29 Å². The molecule has 0 saturated heterocycles. The molecule has 0 aliphatic rings. The van der Waals surface area contributed by atoms with Gasteiger partial charge in [-0.3, -0.25) is 4.79 Å². The normalized spacial score (nSPS) is 6.78. The maximum absolute atomic E-state index is 10.4. The number of carbonyl (C=O) groups is 2. The fourth-order valence-corrected chi connectivity index (χ4v) is 0.292. The molecule has 9 heavy (non-hydrogen) atoms. The number of nitrogens with one attached hydrogen (secondary N) is 1. The highest BCUT2D eigenvalue weighted by Crippen LogP contribution is 1.58. The molecule has 0 unspecified atom stereocenters. The zero-order valence-electron chi connectivity index (χ0n) is 5.10. The zero-order valence-corrected chi connectivity index (χ0v) is 5.10. The number of hydrogen-bond donors (Lipinski definition) is 1. The Labute approximate surface area is 53.4 Å². The fraction of sp³-hybridized carbons (Fsp3) is 0.333. The number of amides is 1. The van der Waals surface area contributed by atoms with Gasteiger partial charge in [0.15, 0.2) is 0 Å². The van der Waals surface area contributed by atoms with E-state index < -0.39 is 5.91 Å². The van der Waals surface area contributed by atoms with Crippen LogP contribution in [-0.4, -0.2) is 18.7 Å². The third-order valence-corrected chi connectivity index (χ3v) is 0.584. The largest absolute Gasteiger partial charge is 0.338 e. The number of carbonyl (C=O) groups excluding carboxylic acids is 2. The van der Waals surface area contributed by atoms with E-state index in [2.05, 4.69) is 17.2 Å². The standard InChI is InChI=1S/C6H7NO2/c1-2-3-6(9)7-4-5-8/h5H,4H2,1H3,(H,7,9). The third kappa shape index (κ3) is 4.56. The first-order valence-corrected chi connectivity index (χ1v) is 2.45. The molecule has 0 heterocycles. The van der Waals surface area contributed by atoms with Crippen LogP contribution in [0.25, 0.3) is 0 Å². The van der Waals surface area contributed by atoms with E-state index in [1.807, 2.05) is 0 Å². The first-order valence-electron chi connectivity index (χ1n) is 2.45. The molecule has 0 radical (unpaired) electrons. The summed E-state index contributed by atoms with van der Waals surface area (Å²) in [5.41, 5.74) is 0. The Morgan fingerprint density at radius 3 is 2.89 bits per heavy atom. The van der Waals surface area contributed by atoms with Crippen molar-refractivity contribution in [2.75, 3.05) is 6.54 Å². The molecule has 0 aliphatic carbocycles. The van der Waals surface area contributed by atoms with Gasteiger partial charge < -0.3 is 10.1 Å². The molecule has 0 bridgehead atoms. The summed E-state index contributed by atoms with van der Waals surface area (Å²) in [6.45, 7) is 1.59. The van der Waals surface area contributed by atoms with Gasteiger partial charge in [0.25, 0.3) is 5.91 Å². The average molecular weight is 125 g/mol. The van der Waals surface area contributed by atoms with E-state index in [0.29, 0.717) is 6.29 Å². The third-order valence-electron chi connectivity index (χ3n) is 0.584. The van der Waals surface area contributed by atoms with Crippen molar-refractivity contribution >= 4 is 12.2 Å². The van der Waals surface area contributed by atoms with E-state index in [9.17, 15) is 9.59 Å². The quantitative estimate of drug-likeness (QED) is 0.393. The molecule has 1 N–H and O–H groups in total. The first-order chi connectivity index (χ1) is 4.31. The van der Waals surface area contributed by atoms with Crippen LogP contribution < -0.4 is 5.32 Å². The summed E-state index contributed by atoms with van der Waals surface area (Å²) in [6.07, 6.45) is 0.606. The maximum Gasteiger partial charge on any atom is 0.296 e. The van der Waals surface area contributed by atoms with Crippen LogP contribution in [0, 0.1) is 11.8 Å². The minimum atomic E-state index is -0.412. The molecular weight excluding hydrogens is 118 g/mol. The molecule has 0 spiro atoms. The molecule has 3 heteroatoms. The molecule has 0 aromatic rings. The molecule has 0 aromatic heterocycles. The molecule has 48 valence electrons. The Kier molecular flexibility index (Phi) is 4.15. The Morgan fingerprint density at radius 1 is 1.78 bits per heavy atom. The van der Waals surface area contributed by atoms with Gasteiger partial charge in [-0.05, 0) is 12.8 Å². The highest BCUT2D eigenvalue weighted by Gasteiger charge is 1.88. The Bertz CT molecular complexity index is 164. The summed E-state index contributed by atoms with van der Waals surface area (Å²) < 4.78 is 0. The molecule has 1 amide bonds. The van der Waals surface area contributed by atoms with E-state index in [1.54, 1.807) is 6.92 Å². The van der Waals surface area contributed by atoms with Crippen LogP contribution in [0.4, 0.5) is 0 Å². The molecule has 0 aromatic carbocycles. The van der Waals surface area contributed by atoms with Crippen LogP contribution in [-0.2, 0) is 9.59 Å². The van der Waals surface area contributed by atoms with E-state index in [4.69, 9.17) is 0 Å². The van der Waals surface area contributed by atoms with Crippen LogP contribution in [0.15, 0.2) is 0 Å². The van der Waals surface area contributed by atoms with Crippen LogP contribution in [0.2, 0.25) is 0 Å². The lowest BCUT2D eigenvalue weighted by Crippen LogP contribution is -2.23. The number of hydrogen-bond acceptors (Lipinski definition) is 2. The molecule has 0 atom stereocenters. The lowest BCUT2D eigenvalue weighted by molar-refractivity contribution is -0.117. The van der Waals surface area contributed by atoms with Crippen molar-refractivity contribution < 1.29 is 9.59 Å². The topological polar surface area (TPSA) is 46.2 Å². The van der Waals surface area contributed by atoms with Crippen molar-refractivity contribution in [2.45, 2.75) is 6.92 Å². The van der Waals surface area contributed by atoms with Crippen molar-refractivity contribution in [3.05, 3.63) is 0 Å². The lowest BCUT2D eigenvalue weighted by Gasteiger charge is -1.88. The molecule has 0 saturated carbocycles. The van der Waals surface area contributed by atoms with E-state index in [0.717, 1.165) is 0 Å². The maximum atomic E-state index is 10.4. The predicted molar refractivity (Wildman–Crippen MR) is 32.5 cm³/mol. The van der Waals surface area contributed by atoms with Crippen molar-refractivity contribution in [2.24, 2.45) is 0 Å². The van der Waals surface area contributed by atoms with Gasteiger partial charge in [0, 0.05) is 0 Å². The van der Waals surface area contributed by atoms with Crippen molar-refractivity contribution in [1.29, 1.82) is 0 Å². The molecular formula is C6H7NO2. The van der Waals surface area contributed by atoms with Gasteiger partial charge in [-0.2, -0.15) is 0 Å². The highest BCUT2D eigenvalue weighted by atomic mass is 16.2. The van der Waals surface area contributed by atoms with Crippen LogP contribution >= 0.6 is 0 Å². The van der Waals surface area contributed by atoms with Crippen molar-refractivity contribution in [3.8, 4) is 11.8 Å². The Morgan fingerprint density at radius 2 is 2.44 bits per heavy atom. The fourth-order valence-electron chi connectivity index (χ4n) is 0.292. The number of aldehydes is 1. The summed E-state index contributed by atoms with van der Waals surface area (Å²) in [4.78, 5) is 20.0. The van der Waals surface area contributed by atoms with Gasteiger partial charge >= 0.3 is 0 Å². The molecule has 0 aliphatic heterocycles. The van der Waals surface area contributed by atoms with Gasteiger partial charge in [-0.15, -0.1) is 0 Å². The van der Waals surface area contributed by atoms with E-state index >= 15 is 0 Å². The van der Waals surface area contributed by atoms with Gasteiger partial charge in [-0.25, -0.2) is 0 Å². The second-order valence-electron chi connectivity index (χ2n) is 1.25. The average Bonchev–Trinajstić information content (AvgIpc) is 1.85. The lowest BCUT2D eigenvalue weighted by atomic mass is 10.5. The molecule has 0 fully saturated rings. The summed E-state index contributed by atoms with van der Waals surface area (Å²) in [6, 6.07) is 0.